The number of halogens is 1. The first-order chi connectivity index (χ1) is 12.4. The number of nitrogens with zero attached hydrogens (tertiary/aromatic N) is 3. The average Bonchev–Trinajstić information content (AvgIpc) is 3.39. The van der Waals surface area contributed by atoms with Gasteiger partial charge in [-0.3, -0.25) is 19.3 Å². The highest BCUT2D eigenvalue weighted by atomic mass is 35.5. The number of benzene rings is 1. The van der Waals surface area contributed by atoms with Crippen molar-refractivity contribution in [2.45, 2.75) is 39.2 Å². The van der Waals surface area contributed by atoms with E-state index in [9.17, 15) is 14.4 Å². The molecular formula is C19H24ClN3O3. The lowest BCUT2D eigenvalue weighted by molar-refractivity contribution is -0.143. The van der Waals surface area contributed by atoms with Crippen molar-refractivity contribution >= 4 is 35.0 Å². The van der Waals surface area contributed by atoms with Crippen molar-refractivity contribution < 1.29 is 14.4 Å². The van der Waals surface area contributed by atoms with E-state index in [1.165, 1.54) is 4.90 Å². The standard InChI is InChI=1S/C19H24ClN3O3/c1-3-13(2)19(26)22(15-7-8-15)11-17(24)21-10-18(25)23(12-21)16-6-4-5-14(20)9-16/h4-6,9,13,15H,3,7-8,10-12H2,1-2H3. The van der Waals surface area contributed by atoms with E-state index in [1.807, 2.05) is 13.8 Å². The van der Waals surface area contributed by atoms with Gasteiger partial charge in [0.25, 0.3) is 0 Å². The Morgan fingerprint density at radius 2 is 2.08 bits per heavy atom. The molecule has 6 nitrogen and oxygen atoms in total. The van der Waals surface area contributed by atoms with Crippen LogP contribution in [0.25, 0.3) is 0 Å². The maximum Gasteiger partial charge on any atom is 0.248 e. The van der Waals surface area contributed by atoms with Crippen LogP contribution in [0.2, 0.25) is 5.02 Å². The van der Waals surface area contributed by atoms with E-state index < -0.39 is 0 Å². The maximum atomic E-state index is 12.7. The van der Waals surface area contributed by atoms with Crippen molar-refractivity contribution in [1.82, 2.24) is 9.80 Å². The molecule has 3 rings (SSSR count). The molecule has 1 unspecified atom stereocenters. The summed E-state index contributed by atoms with van der Waals surface area (Å²) in [5.41, 5.74) is 0.674. The minimum absolute atomic E-state index is 0.0283. The van der Waals surface area contributed by atoms with Crippen molar-refractivity contribution in [3.05, 3.63) is 29.3 Å². The van der Waals surface area contributed by atoms with Gasteiger partial charge in [-0.05, 0) is 37.5 Å². The van der Waals surface area contributed by atoms with Gasteiger partial charge in [-0.2, -0.15) is 0 Å². The third-order valence-corrected chi connectivity index (χ3v) is 5.26. The Morgan fingerprint density at radius 1 is 1.35 bits per heavy atom. The fraction of sp³-hybridized carbons (Fsp3) is 0.526. The van der Waals surface area contributed by atoms with Gasteiger partial charge in [0.1, 0.15) is 19.8 Å². The van der Waals surface area contributed by atoms with Gasteiger partial charge < -0.3 is 9.80 Å². The summed E-state index contributed by atoms with van der Waals surface area (Å²) in [7, 11) is 0. The molecule has 1 heterocycles. The molecule has 1 aromatic carbocycles. The van der Waals surface area contributed by atoms with Gasteiger partial charge in [0.15, 0.2) is 0 Å². The van der Waals surface area contributed by atoms with Gasteiger partial charge >= 0.3 is 0 Å². The first kappa shape index (κ1) is 18.7. The van der Waals surface area contributed by atoms with Crippen LogP contribution >= 0.6 is 11.6 Å². The predicted octanol–water partition coefficient (Wildman–Crippen LogP) is 2.51. The van der Waals surface area contributed by atoms with Crippen LogP contribution in [-0.2, 0) is 14.4 Å². The SMILES string of the molecule is CCC(C)C(=O)N(CC(=O)N1CC(=O)N(c2cccc(Cl)c2)C1)C1CC1. The van der Waals surface area contributed by atoms with E-state index in [1.54, 1.807) is 34.1 Å². The quantitative estimate of drug-likeness (QED) is 0.765. The van der Waals surface area contributed by atoms with Gasteiger partial charge in [0.2, 0.25) is 17.7 Å². The minimum Gasteiger partial charge on any atom is -0.330 e. The zero-order valence-corrected chi connectivity index (χ0v) is 15.9. The molecule has 0 aromatic heterocycles. The van der Waals surface area contributed by atoms with Gasteiger partial charge in [0.05, 0.1) is 0 Å². The molecule has 1 aliphatic carbocycles. The summed E-state index contributed by atoms with van der Waals surface area (Å²) in [6, 6.07) is 7.18. The third-order valence-electron chi connectivity index (χ3n) is 5.02. The molecule has 0 N–H and O–H groups in total. The Morgan fingerprint density at radius 3 is 2.69 bits per heavy atom. The fourth-order valence-corrected chi connectivity index (χ4v) is 3.25. The predicted molar refractivity (Wildman–Crippen MR) is 99.7 cm³/mol. The minimum atomic E-state index is -0.188. The van der Waals surface area contributed by atoms with Gasteiger partial charge in [-0.1, -0.05) is 31.5 Å². The van der Waals surface area contributed by atoms with E-state index in [4.69, 9.17) is 11.6 Å². The number of carbonyl (C=O) groups excluding carboxylic acids is 3. The van der Waals surface area contributed by atoms with Crippen molar-refractivity contribution in [3.63, 3.8) is 0 Å². The number of rotatable bonds is 6. The summed E-state index contributed by atoms with van der Waals surface area (Å²) in [5.74, 6) is -0.398. The molecule has 1 atom stereocenters. The molecule has 3 amide bonds. The summed E-state index contributed by atoms with van der Waals surface area (Å²) in [6.07, 6.45) is 2.65. The molecule has 140 valence electrons. The van der Waals surface area contributed by atoms with E-state index in [-0.39, 0.29) is 49.4 Å². The highest BCUT2D eigenvalue weighted by molar-refractivity contribution is 6.31. The van der Waals surface area contributed by atoms with Crippen LogP contribution in [0.5, 0.6) is 0 Å². The molecule has 0 spiro atoms. The lowest BCUT2D eigenvalue weighted by Gasteiger charge is -2.27. The molecule has 7 heteroatoms. The van der Waals surface area contributed by atoms with Gasteiger partial charge in [-0.25, -0.2) is 0 Å². The van der Waals surface area contributed by atoms with Crippen LogP contribution in [0, 0.1) is 5.92 Å². The normalized spacial score (nSPS) is 18.2. The molecule has 0 bridgehead atoms. The summed E-state index contributed by atoms with van der Waals surface area (Å²) in [4.78, 5) is 42.3. The second-order valence-electron chi connectivity index (χ2n) is 7.04. The second kappa shape index (κ2) is 7.66. The fourth-order valence-electron chi connectivity index (χ4n) is 3.06. The zero-order valence-electron chi connectivity index (χ0n) is 15.2. The average molecular weight is 378 g/mol. The largest absolute Gasteiger partial charge is 0.330 e. The number of anilines is 1. The lowest BCUT2D eigenvalue weighted by atomic mass is 10.1. The van der Waals surface area contributed by atoms with Crippen LogP contribution in [0.3, 0.4) is 0 Å². The number of carbonyl (C=O) groups is 3. The second-order valence-corrected chi connectivity index (χ2v) is 7.48. The molecule has 2 aliphatic rings. The van der Waals surface area contributed by atoms with Crippen molar-refractivity contribution in [3.8, 4) is 0 Å². The summed E-state index contributed by atoms with van der Waals surface area (Å²) in [5, 5.41) is 0.541. The van der Waals surface area contributed by atoms with Crippen molar-refractivity contribution in [2.75, 3.05) is 24.7 Å². The van der Waals surface area contributed by atoms with Crippen LogP contribution in [-0.4, -0.2) is 53.3 Å². The third kappa shape index (κ3) is 4.01. The monoisotopic (exact) mass is 377 g/mol. The molecule has 26 heavy (non-hydrogen) atoms. The molecule has 2 fully saturated rings. The van der Waals surface area contributed by atoms with E-state index in [0.717, 1.165) is 19.3 Å². The Kier molecular flexibility index (Phi) is 5.51. The molecule has 1 saturated heterocycles. The summed E-state index contributed by atoms with van der Waals surface area (Å²) in [6.45, 7) is 4.12. The molecule has 1 aliphatic heterocycles. The van der Waals surface area contributed by atoms with Crippen LogP contribution < -0.4 is 4.90 Å². The Labute approximate surface area is 158 Å². The topological polar surface area (TPSA) is 60.9 Å². The summed E-state index contributed by atoms with van der Waals surface area (Å²) < 4.78 is 0. The van der Waals surface area contributed by atoms with Gasteiger partial charge in [-0.15, -0.1) is 0 Å². The van der Waals surface area contributed by atoms with Crippen LogP contribution in [0.4, 0.5) is 5.69 Å². The smallest absolute Gasteiger partial charge is 0.248 e. The highest BCUT2D eigenvalue weighted by Crippen LogP contribution is 2.29. The highest BCUT2D eigenvalue weighted by Gasteiger charge is 2.38. The lowest BCUT2D eigenvalue weighted by Crippen LogP contribution is -2.45. The summed E-state index contributed by atoms with van der Waals surface area (Å²) >= 11 is 6.00. The van der Waals surface area contributed by atoms with Gasteiger partial charge in [0, 0.05) is 22.7 Å². The van der Waals surface area contributed by atoms with Crippen molar-refractivity contribution in [2.24, 2.45) is 5.92 Å². The number of amides is 3. The Hall–Kier alpha value is -2.08. The van der Waals surface area contributed by atoms with Crippen LogP contribution in [0.15, 0.2) is 24.3 Å². The molecule has 0 radical (unpaired) electrons. The first-order valence-corrected chi connectivity index (χ1v) is 9.42. The maximum absolute atomic E-state index is 12.7. The Balaban J connectivity index is 1.66. The van der Waals surface area contributed by atoms with E-state index in [0.29, 0.717) is 10.7 Å². The Bertz CT molecular complexity index is 720. The first-order valence-electron chi connectivity index (χ1n) is 9.05. The molecule has 1 aromatic rings. The van der Waals surface area contributed by atoms with Crippen molar-refractivity contribution in [1.29, 1.82) is 0 Å². The van der Waals surface area contributed by atoms with Crippen LogP contribution in [0.1, 0.15) is 33.1 Å². The number of hydrogen-bond donors (Lipinski definition) is 0. The number of hydrogen-bond acceptors (Lipinski definition) is 3. The van der Waals surface area contributed by atoms with E-state index >= 15 is 0 Å². The molecule has 1 saturated carbocycles. The zero-order chi connectivity index (χ0) is 18.8. The molecular weight excluding hydrogens is 354 g/mol. The van der Waals surface area contributed by atoms with E-state index in [2.05, 4.69) is 0 Å².